The number of carbonyl (C=O) groups is 2. The van der Waals surface area contributed by atoms with E-state index in [-0.39, 0.29) is 22.9 Å². The molecule has 27 heavy (non-hydrogen) atoms. The molecule has 9 heteroatoms. The SMILES string of the molecule is N#Cc1ccc(NC(=O)c2cccc(C(=O)NC3CCS(=O)(=O)C3)n2)cc1. The number of hydrogen-bond donors (Lipinski definition) is 2. The van der Waals surface area contributed by atoms with Gasteiger partial charge in [0.15, 0.2) is 9.84 Å². The highest BCUT2D eigenvalue weighted by molar-refractivity contribution is 7.91. The topological polar surface area (TPSA) is 129 Å². The Balaban J connectivity index is 1.68. The van der Waals surface area contributed by atoms with E-state index >= 15 is 0 Å². The molecule has 1 unspecified atom stereocenters. The third-order valence-electron chi connectivity index (χ3n) is 4.05. The second-order valence-corrected chi connectivity index (χ2v) is 8.35. The molecule has 2 amide bonds. The highest BCUT2D eigenvalue weighted by Gasteiger charge is 2.29. The first-order valence-electron chi connectivity index (χ1n) is 8.16. The number of anilines is 1. The van der Waals surface area contributed by atoms with Gasteiger partial charge in [-0.3, -0.25) is 9.59 Å². The van der Waals surface area contributed by atoms with Gasteiger partial charge < -0.3 is 10.6 Å². The number of amides is 2. The smallest absolute Gasteiger partial charge is 0.274 e. The number of aromatic nitrogens is 1. The molecular formula is C18H16N4O4S. The molecular weight excluding hydrogens is 368 g/mol. The second-order valence-electron chi connectivity index (χ2n) is 6.12. The van der Waals surface area contributed by atoms with E-state index in [4.69, 9.17) is 5.26 Å². The Morgan fingerprint density at radius 1 is 1.07 bits per heavy atom. The van der Waals surface area contributed by atoms with Crippen LogP contribution in [0.3, 0.4) is 0 Å². The fourth-order valence-corrected chi connectivity index (χ4v) is 4.35. The molecule has 2 N–H and O–H groups in total. The summed E-state index contributed by atoms with van der Waals surface area (Å²) in [5.74, 6) is -1.06. The fourth-order valence-electron chi connectivity index (χ4n) is 2.68. The van der Waals surface area contributed by atoms with E-state index in [0.29, 0.717) is 17.7 Å². The van der Waals surface area contributed by atoms with Crippen LogP contribution in [0.15, 0.2) is 42.5 Å². The Morgan fingerprint density at radius 3 is 2.33 bits per heavy atom. The van der Waals surface area contributed by atoms with Gasteiger partial charge in [0, 0.05) is 11.7 Å². The molecule has 138 valence electrons. The first-order chi connectivity index (χ1) is 12.9. The van der Waals surface area contributed by atoms with E-state index < -0.39 is 27.7 Å². The van der Waals surface area contributed by atoms with Crippen molar-refractivity contribution in [1.82, 2.24) is 10.3 Å². The minimum absolute atomic E-state index is 0.0341. The van der Waals surface area contributed by atoms with Crippen molar-refractivity contribution in [2.45, 2.75) is 12.5 Å². The van der Waals surface area contributed by atoms with Gasteiger partial charge in [0.1, 0.15) is 11.4 Å². The lowest BCUT2D eigenvalue weighted by atomic mass is 10.2. The molecule has 0 aliphatic carbocycles. The van der Waals surface area contributed by atoms with Crippen molar-refractivity contribution < 1.29 is 18.0 Å². The van der Waals surface area contributed by atoms with Gasteiger partial charge in [-0.05, 0) is 42.8 Å². The number of rotatable bonds is 4. The summed E-state index contributed by atoms with van der Waals surface area (Å²) >= 11 is 0. The van der Waals surface area contributed by atoms with E-state index in [1.54, 1.807) is 24.3 Å². The molecule has 1 fully saturated rings. The molecule has 1 aromatic carbocycles. The van der Waals surface area contributed by atoms with Crippen LogP contribution in [0, 0.1) is 11.3 Å². The van der Waals surface area contributed by atoms with Crippen LogP contribution in [0.25, 0.3) is 0 Å². The number of nitrogens with one attached hydrogen (secondary N) is 2. The second kappa shape index (κ2) is 7.55. The summed E-state index contributed by atoms with van der Waals surface area (Å²) in [6, 6.07) is 12.3. The third-order valence-corrected chi connectivity index (χ3v) is 5.82. The molecule has 1 atom stereocenters. The lowest BCUT2D eigenvalue weighted by Gasteiger charge is -2.11. The Bertz CT molecular complexity index is 1030. The highest BCUT2D eigenvalue weighted by atomic mass is 32.2. The summed E-state index contributed by atoms with van der Waals surface area (Å²) in [6.45, 7) is 0. The molecule has 3 rings (SSSR count). The lowest BCUT2D eigenvalue weighted by molar-refractivity contribution is 0.0936. The van der Waals surface area contributed by atoms with Gasteiger partial charge in [-0.15, -0.1) is 0 Å². The van der Waals surface area contributed by atoms with Crippen molar-refractivity contribution in [3.05, 3.63) is 59.4 Å². The average Bonchev–Trinajstić information content (AvgIpc) is 3.00. The van der Waals surface area contributed by atoms with Crippen molar-refractivity contribution in [2.75, 3.05) is 16.8 Å². The van der Waals surface area contributed by atoms with Crippen LogP contribution in [0.2, 0.25) is 0 Å². The van der Waals surface area contributed by atoms with E-state index in [1.807, 2.05) is 6.07 Å². The molecule has 0 saturated carbocycles. The highest BCUT2D eigenvalue weighted by Crippen LogP contribution is 2.13. The quantitative estimate of drug-likeness (QED) is 0.813. The van der Waals surface area contributed by atoms with Gasteiger partial charge >= 0.3 is 0 Å². The van der Waals surface area contributed by atoms with E-state index in [2.05, 4.69) is 15.6 Å². The maximum absolute atomic E-state index is 12.3. The standard InChI is InChI=1S/C18H16N4O4S/c19-10-12-4-6-13(7-5-12)20-17(23)15-2-1-3-16(22-15)18(24)21-14-8-9-27(25,26)11-14/h1-7,14H,8-9,11H2,(H,20,23)(H,21,24). The summed E-state index contributed by atoms with van der Waals surface area (Å²) in [4.78, 5) is 28.7. The van der Waals surface area contributed by atoms with Crippen LogP contribution >= 0.6 is 0 Å². The molecule has 1 aromatic heterocycles. The van der Waals surface area contributed by atoms with Crippen molar-refractivity contribution in [2.24, 2.45) is 0 Å². The largest absolute Gasteiger partial charge is 0.347 e. The molecule has 0 spiro atoms. The number of hydrogen-bond acceptors (Lipinski definition) is 6. The van der Waals surface area contributed by atoms with Gasteiger partial charge in [0.2, 0.25) is 0 Å². The van der Waals surface area contributed by atoms with Gasteiger partial charge in [-0.1, -0.05) is 6.07 Å². The van der Waals surface area contributed by atoms with Gasteiger partial charge in [-0.25, -0.2) is 13.4 Å². The zero-order valence-electron chi connectivity index (χ0n) is 14.2. The Labute approximate surface area is 156 Å². The summed E-state index contributed by atoms with van der Waals surface area (Å²) in [5.41, 5.74) is 1.04. The number of nitrogens with zero attached hydrogens (tertiary/aromatic N) is 2. The molecule has 0 bridgehead atoms. The number of benzene rings is 1. The van der Waals surface area contributed by atoms with E-state index in [1.165, 1.54) is 18.2 Å². The molecule has 1 saturated heterocycles. The molecule has 1 aliphatic rings. The summed E-state index contributed by atoms with van der Waals surface area (Å²) in [7, 11) is -3.10. The van der Waals surface area contributed by atoms with Crippen molar-refractivity contribution in [1.29, 1.82) is 5.26 Å². The summed E-state index contributed by atoms with van der Waals surface area (Å²) < 4.78 is 23.0. The Kier molecular flexibility index (Phi) is 5.19. The van der Waals surface area contributed by atoms with Crippen molar-refractivity contribution in [3.8, 4) is 6.07 Å². The summed E-state index contributed by atoms with van der Waals surface area (Å²) in [6.07, 6.45) is 0.368. The molecule has 1 aliphatic heterocycles. The van der Waals surface area contributed by atoms with Crippen LogP contribution in [0.1, 0.15) is 33.0 Å². The maximum atomic E-state index is 12.3. The number of pyridine rings is 1. The number of sulfone groups is 1. The maximum Gasteiger partial charge on any atom is 0.274 e. The predicted molar refractivity (Wildman–Crippen MR) is 97.9 cm³/mol. The predicted octanol–water partition coefficient (Wildman–Crippen LogP) is 1.12. The van der Waals surface area contributed by atoms with Crippen molar-refractivity contribution >= 4 is 27.3 Å². The number of carbonyl (C=O) groups excluding carboxylic acids is 2. The van der Waals surface area contributed by atoms with Crippen LogP contribution in [-0.4, -0.2) is 42.8 Å². The first-order valence-corrected chi connectivity index (χ1v) is 9.98. The first kappa shape index (κ1) is 18.5. The Morgan fingerprint density at radius 2 is 1.74 bits per heavy atom. The zero-order valence-corrected chi connectivity index (χ0v) is 15.0. The number of nitriles is 1. The van der Waals surface area contributed by atoms with Crippen LogP contribution in [-0.2, 0) is 9.84 Å². The molecule has 8 nitrogen and oxygen atoms in total. The van der Waals surface area contributed by atoms with Crippen LogP contribution < -0.4 is 10.6 Å². The average molecular weight is 384 g/mol. The molecule has 0 radical (unpaired) electrons. The van der Waals surface area contributed by atoms with Crippen LogP contribution in [0.4, 0.5) is 5.69 Å². The minimum Gasteiger partial charge on any atom is -0.347 e. The third kappa shape index (κ3) is 4.68. The zero-order chi connectivity index (χ0) is 19.4. The van der Waals surface area contributed by atoms with Gasteiger partial charge in [0.05, 0.1) is 23.1 Å². The van der Waals surface area contributed by atoms with Crippen molar-refractivity contribution in [3.63, 3.8) is 0 Å². The molecule has 2 aromatic rings. The monoisotopic (exact) mass is 384 g/mol. The van der Waals surface area contributed by atoms with E-state index in [9.17, 15) is 18.0 Å². The Hall–Kier alpha value is -3.25. The van der Waals surface area contributed by atoms with Gasteiger partial charge in [0.25, 0.3) is 11.8 Å². The summed E-state index contributed by atoms with van der Waals surface area (Å²) in [5, 5.41) is 14.1. The van der Waals surface area contributed by atoms with E-state index in [0.717, 1.165) is 0 Å². The van der Waals surface area contributed by atoms with Gasteiger partial charge in [-0.2, -0.15) is 5.26 Å². The lowest BCUT2D eigenvalue weighted by Crippen LogP contribution is -2.36. The minimum atomic E-state index is -3.10. The van der Waals surface area contributed by atoms with Crippen LogP contribution in [0.5, 0.6) is 0 Å². The molecule has 2 heterocycles. The normalized spacial score (nSPS) is 17.7. The fraction of sp³-hybridized carbons (Fsp3) is 0.222.